The fourth-order valence-electron chi connectivity index (χ4n) is 2.69. The molecule has 0 bridgehead atoms. The van der Waals surface area contributed by atoms with Gasteiger partial charge in [-0.2, -0.15) is 0 Å². The van der Waals surface area contributed by atoms with Gasteiger partial charge in [-0.1, -0.05) is 52.3 Å². The highest BCUT2D eigenvalue weighted by Gasteiger charge is 2.22. The Hall–Kier alpha value is -2.18. The lowest BCUT2D eigenvalue weighted by Crippen LogP contribution is -2.12. The summed E-state index contributed by atoms with van der Waals surface area (Å²) in [5.41, 5.74) is 1.22. The first-order valence-corrected chi connectivity index (χ1v) is 9.17. The summed E-state index contributed by atoms with van der Waals surface area (Å²) < 4.78 is 28.4. The number of benzene rings is 3. The third-order valence-electron chi connectivity index (χ3n) is 3.79. The summed E-state index contributed by atoms with van der Waals surface area (Å²) in [6.45, 7) is 0. The minimum atomic E-state index is -3.73. The predicted octanol–water partition coefficient (Wildman–Crippen LogP) is 4.19. The summed E-state index contributed by atoms with van der Waals surface area (Å²) in [5, 5.41) is 1.54. The fraction of sp³-hybridized carbons (Fsp3) is 0. The minimum absolute atomic E-state index is 0.263. The zero-order valence-corrected chi connectivity index (χ0v) is 14.3. The van der Waals surface area contributed by atoms with Crippen molar-refractivity contribution in [1.29, 1.82) is 0 Å². The molecule has 0 spiro atoms. The number of rotatable bonds is 2. The maximum absolute atomic E-state index is 13.1. The molecule has 6 heteroatoms. The van der Waals surface area contributed by atoms with E-state index in [1.54, 1.807) is 30.3 Å². The Morgan fingerprint density at radius 3 is 2.39 bits per heavy atom. The van der Waals surface area contributed by atoms with Crippen molar-refractivity contribution in [2.75, 3.05) is 0 Å². The number of fused-ring (bicyclic) bond motifs is 2. The van der Waals surface area contributed by atoms with Crippen molar-refractivity contribution in [3.05, 3.63) is 71.5 Å². The molecule has 0 N–H and O–H groups in total. The lowest BCUT2D eigenvalue weighted by molar-refractivity contribution is 0.589. The van der Waals surface area contributed by atoms with Crippen LogP contribution in [-0.2, 0) is 10.0 Å². The molecule has 3 aromatic carbocycles. The Balaban J connectivity index is 2.06. The Morgan fingerprint density at radius 1 is 0.870 bits per heavy atom. The zero-order chi connectivity index (χ0) is 16.0. The average molecular weight is 387 g/mol. The monoisotopic (exact) mass is 386 g/mol. The van der Waals surface area contributed by atoms with Crippen molar-refractivity contribution >= 4 is 47.8 Å². The Labute approximate surface area is 141 Å². The van der Waals surface area contributed by atoms with Crippen molar-refractivity contribution in [3.8, 4) is 0 Å². The number of imidazole rings is 1. The molecule has 0 aliphatic heterocycles. The van der Waals surface area contributed by atoms with Crippen LogP contribution in [0.3, 0.4) is 0 Å². The summed E-state index contributed by atoms with van der Waals surface area (Å²) in [5.74, 6) is 0. The highest BCUT2D eigenvalue weighted by Crippen LogP contribution is 2.31. The van der Waals surface area contributed by atoms with Crippen LogP contribution < -0.4 is 0 Å². The van der Waals surface area contributed by atoms with Crippen LogP contribution in [0.25, 0.3) is 21.8 Å². The molecule has 0 atom stereocenters. The molecule has 0 aliphatic carbocycles. The highest BCUT2D eigenvalue weighted by atomic mass is 79.9. The summed E-state index contributed by atoms with van der Waals surface area (Å²) >= 11 is 3.47. The second-order valence-corrected chi connectivity index (χ2v) is 7.76. The third-order valence-corrected chi connectivity index (χ3v) is 6.20. The highest BCUT2D eigenvalue weighted by molar-refractivity contribution is 9.10. The molecular formula is C17H11BrN2O2S. The second kappa shape index (κ2) is 5.18. The number of nitrogens with zero attached hydrogens (tertiary/aromatic N) is 2. The van der Waals surface area contributed by atoms with Gasteiger partial charge in [-0.15, -0.1) is 0 Å². The first kappa shape index (κ1) is 14.4. The normalized spacial score (nSPS) is 12.0. The van der Waals surface area contributed by atoms with Crippen LogP contribution in [-0.4, -0.2) is 17.4 Å². The minimum Gasteiger partial charge on any atom is -0.236 e. The summed E-state index contributed by atoms with van der Waals surface area (Å²) in [6, 6.07) is 18.0. The van der Waals surface area contributed by atoms with Crippen LogP contribution in [0.2, 0.25) is 0 Å². The number of hydrogen-bond acceptors (Lipinski definition) is 3. The zero-order valence-electron chi connectivity index (χ0n) is 11.8. The summed E-state index contributed by atoms with van der Waals surface area (Å²) in [4.78, 5) is 4.45. The quantitative estimate of drug-likeness (QED) is 0.518. The van der Waals surface area contributed by atoms with E-state index in [2.05, 4.69) is 20.9 Å². The van der Waals surface area contributed by atoms with Crippen molar-refractivity contribution in [1.82, 2.24) is 8.96 Å². The van der Waals surface area contributed by atoms with Gasteiger partial charge in [-0.3, -0.25) is 0 Å². The van der Waals surface area contributed by atoms with E-state index in [9.17, 15) is 8.42 Å². The van der Waals surface area contributed by atoms with E-state index in [1.807, 2.05) is 30.3 Å². The Kier molecular flexibility index (Phi) is 3.25. The SMILES string of the molecule is O=S(=O)(c1ccc(Br)c2ccccc12)n1cnc2ccccc21. The van der Waals surface area contributed by atoms with E-state index < -0.39 is 10.0 Å². The van der Waals surface area contributed by atoms with Gasteiger partial charge in [0, 0.05) is 9.86 Å². The molecular weight excluding hydrogens is 376 g/mol. The molecule has 0 unspecified atom stereocenters. The van der Waals surface area contributed by atoms with Crippen molar-refractivity contribution < 1.29 is 8.42 Å². The maximum Gasteiger partial charge on any atom is 0.270 e. The van der Waals surface area contributed by atoms with E-state index in [0.29, 0.717) is 16.4 Å². The number of halogens is 1. The molecule has 0 amide bonds. The molecule has 4 rings (SSSR count). The Morgan fingerprint density at radius 2 is 1.57 bits per heavy atom. The van der Waals surface area contributed by atoms with Gasteiger partial charge in [0.05, 0.1) is 15.9 Å². The van der Waals surface area contributed by atoms with Crippen LogP contribution in [0, 0.1) is 0 Å². The number of hydrogen-bond donors (Lipinski definition) is 0. The predicted molar refractivity (Wildman–Crippen MR) is 94.0 cm³/mol. The summed E-state index contributed by atoms with van der Waals surface area (Å²) in [6.07, 6.45) is 1.36. The van der Waals surface area contributed by atoms with Crippen molar-refractivity contribution in [3.63, 3.8) is 0 Å². The van der Waals surface area contributed by atoms with E-state index in [4.69, 9.17) is 0 Å². The standard InChI is InChI=1S/C17H11BrN2O2S/c18-14-9-10-17(13-6-2-1-5-12(13)14)23(21,22)20-11-19-15-7-3-4-8-16(15)20/h1-11H. The van der Waals surface area contributed by atoms with Crippen LogP contribution in [0.5, 0.6) is 0 Å². The first-order valence-electron chi connectivity index (χ1n) is 6.94. The van der Waals surface area contributed by atoms with Gasteiger partial charge in [0.15, 0.2) is 0 Å². The first-order chi connectivity index (χ1) is 11.1. The van der Waals surface area contributed by atoms with Crippen molar-refractivity contribution in [2.24, 2.45) is 0 Å². The smallest absolute Gasteiger partial charge is 0.236 e. The average Bonchev–Trinajstić information content (AvgIpc) is 3.00. The molecule has 4 nitrogen and oxygen atoms in total. The summed E-state index contributed by atoms with van der Waals surface area (Å²) in [7, 11) is -3.73. The van der Waals surface area contributed by atoms with E-state index >= 15 is 0 Å². The molecule has 114 valence electrons. The molecule has 4 aromatic rings. The number of para-hydroxylation sites is 2. The van der Waals surface area contributed by atoms with E-state index in [1.165, 1.54) is 10.3 Å². The van der Waals surface area contributed by atoms with Gasteiger partial charge in [0.25, 0.3) is 10.0 Å². The number of aromatic nitrogens is 2. The molecule has 0 radical (unpaired) electrons. The topological polar surface area (TPSA) is 52.0 Å². The van der Waals surface area contributed by atoms with Gasteiger partial charge < -0.3 is 0 Å². The lowest BCUT2D eigenvalue weighted by atomic mass is 10.1. The molecule has 0 aliphatic rings. The van der Waals surface area contributed by atoms with Crippen molar-refractivity contribution in [2.45, 2.75) is 4.90 Å². The van der Waals surface area contributed by atoms with Crippen LogP contribution >= 0.6 is 15.9 Å². The lowest BCUT2D eigenvalue weighted by Gasteiger charge is -2.10. The van der Waals surface area contributed by atoms with E-state index in [0.717, 1.165) is 9.86 Å². The molecule has 1 heterocycles. The third kappa shape index (κ3) is 2.17. The molecule has 0 saturated heterocycles. The molecule has 23 heavy (non-hydrogen) atoms. The van der Waals surface area contributed by atoms with Gasteiger partial charge >= 0.3 is 0 Å². The van der Waals surface area contributed by atoms with Gasteiger partial charge in [-0.25, -0.2) is 17.4 Å². The second-order valence-electron chi connectivity index (χ2n) is 5.13. The van der Waals surface area contributed by atoms with Gasteiger partial charge in [0.2, 0.25) is 0 Å². The van der Waals surface area contributed by atoms with E-state index in [-0.39, 0.29) is 4.90 Å². The molecule has 1 aromatic heterocycles. The van der Waals surface area contributed by atoms with Crippen LogP contribution in [0.4, 0.5) is 0 Å². The maximum atomic E-state index is 13.1. The molecule has 0 fully saturated rings. The largest absolute Gasteiger partial charge is 0.270 e. The van der Waals surface area contributed by atoms with Crippen LogP contribution in [0.15, 0.2) is 76.4 Å². The Bertz CT molecular complexity index is 1150. The fourth-order valence-corrected chi connectivity index (χ4v) is 4.66. The van der Waals surface area contributed by atoms with Crippen LogP contribution in [0.1, 0.15) is 0 Å². The van der Waals surface area contributed by atoms with Gasteiger partial charge in [-0.05, 0) is 29.7 Å². The van der Waals surface area contributed by atoms with Gasteiger partial charge in [0.1, 0.15) is 6.33 Å². The molecule has 0 saturated carbocycles.